The Bertz CT molecular complexity index is 1240. The van der Waals surface area contributed by atoms with E-state index in [-0.39, 0.29) is 5.82 Å². The maximum atomic E-state index is 13.9. The molecule has 4 aromatic rings. The van der Waals surface area contributed by atoms with Crippen LogP contribution >= 0.6 is 0 Å². The lowest BCUT2D eigenvalue weighted by Crippen LogP contribution is -2.31. The highest BCUT2D eigenvalue weighted by atomic mass is 19.1. The Morgan fingerprint density at radius 2 is 1.76 bits per heavy atom. The molecule has 1 saturated heterocycles. The molecule has 4 atom stereocenters. The average molecular weight is 449 g/mol. The number of nitrogens with one attached hydrogen (secondary N) is 1. The van der Waals surface area contributed by atoms with Crippen LogP contribution in [-0.4, -0.2) is 48.0 Å². The van der Waals surface area contributed by atoms with Crippen LogP contribution in [0.3, 0.4) is 0 Å². The van der Waals surface area contributed by atoms with Gasteiger partial charge in [-0.25, -0.2) is 19.3 Å². The summed E-state index contributed by atoms with van der Waals surface area (Å²) < 4.78 is 21.5. The molecule has 0 unspecified atom stereocenters. The zero-order chi connectivity index (χ0) is 22.8. The molecule has 1 fully saturated rings. The molecule has 2 aromatic heterocycles. The lowest BCUT2D eigenvalue weighted by Gasteiger charge is -2.16. The summed E-state index contributed by atoms with van der Waals surface area (Å²) in [6.07, 6.45) is -0.128. The number of ether oxygens (including phenoxy) is 1. The number of benzene rings is 2. The molecule has 2 aromatic carbocycles. The number of halogens is 1. The predicted molar refractivity (Wildman–Crippen MR) is 120 cm³/mol. The molecule has 0 spiro atoms. The number of aryl methyl sites for hydroxylation is 1. The molecule has 8 nitrogen and oxygen atoms in total. The van der Waals surface area contributed by atoms with Gasteiger partial charge < -0.3 is 20.3 Å². The molecule has 33 heavy (non-hydrogen) atoms. The van der Waals surface area contributed by atoms with Crippen molar-refractivity contribution in [3.05, 3.63) is 84.2 Å². The quantitative estimate of drug-likeness (QED) is 0.398. The van der Waals surface area contributed by atoms with E-state index in [0.717, 1.165) is 5.56 Å². The average Bonchev–Trinajstić information content (AvgIpc) is 3.39. The van der Waals surface area contributed by atoms with E-state index >= 15 is 0 Å². The highest BCUT2D eigenvalue weighted by Gasteiger charge is 2.44. The maximum absolute atomic E-state index is 13.9. The first kappa shape index (κ1) is 21.4. The van der Waals surface area contributed by atoms with Gasteiger partial charge in [-0.3, -0.25) is 4.57 Å². The van der Waals surface area contributed by atoms with Crippen molar-refractivity contribution in [1.82, 2.24) is 19.5 Å². The van der Waals surface area contributed by atoms with Crippen LogP contribution in [0.5, 0.6) is 0 Å². The molecule has 3 N–H and O–H groups in total. The summed E-state index contributed by atoms with van der Waals surface area (Å²) in [7, 11) is 0. The van der Waals surface area contributed by atoms with E-state index < -0.39 is 24.5 Å². The minimum absolute atomic E-state index is 0.296. The molecule has 0 amide bonds. The van der Waals surface area contributed by atoms with E-state index in [9.17, 15) is 14.6 Å². The zero-order valence-electron chi connectivity index (χ0n) is 17.8. The second-order valence-corrected chi connectivity index (χ2v) is 8.06. The molecule has 3 heterocycles. The van der Waals surface area contributed by atoms with Crippen LogP contribution in [0.2, 0.25) is 0 Å². The second-order valence-electron chi connectivity index (χ2n) is 8.06. The largest absolute Gasteiger partial charge is 0.388 e. The summed E-state index contributed by atoms with van der Waals surface area (Å²) in [5.74, 6) is 0.265. The summed E-state index contributed by atoms with van der Waals surface area (Å²) in [6.45, 7) is 0.569. The summed E-state index contributed by atoms with van der Waals surface area (Å²) in [4.78, 5) is 13.0. The highest BCUT2D eigenvalue weighted by molar-refractivity contribution is 5.82. The molecule has 9 heteroatoms. The number of imidazole rings is 1. The van der Waals surface area contributed by atoms with Gasteiger partial charge in [0, 0.05) is 6.54 Å². The summed E-state index contributed by atoms with van der Waals surface area (Å²) in [5.41, 5.74) is 2.65. The number of aliphatic hydroxyl groups is 2. The van der Waals surface area contributed by atoms with E-state index in [1.54, 1.807) is 22.8 Å². The van der Waals surface area contributed by atoms with Crippen LogP contribution in [0.25, 0.3) is 11.2 Å². The van der Waals surface area contributed by atoms with Gasteiger partial charge in [0.25, 0.3) is 0 Å². The fraction of sp³-hybridized carbons (Fsp3) is 0.292. The first-order valence-electron chi connectivity index (χ1n) is 10.8. The van der Waals surface area contributed by atoms with Crippen LogP contribution in [0.1, 0.15) is 23.8 Å². The molecule has 0 aliphatic carbocycles. The Labute approximate surface area is 189 Å². The molecule has 0 radical (unpaired) electrons. The van der Waals surface area contributed by atoms with Gasteiger partial charge in [0.15, 0.2) is 23.2 Å². The van der Waals surface area contributed by atoms with E-state index in [0.29, 0.717) is 41.9 Å². The second kappa shape index (κ2) is 9.22. The van der Waals surface area contributed by atoms with Crippen LogP contribution in [0.4, 0.5) is 10.2 Å². The van der Waals surface area contributed by atoms with E-state index in [1.165, 1.54) is 18.7 Å². The van der Waals surface area contributed by atoms with E-state index in [1.807, 2.05) is 30.3 Å². The number of hydrogen-bond acceptors (Lipinski definition) is 7. The van der Waals surface area contributed by atoms with Crippen molar-refractivity contribution in [2.75, 3.05) is 5.32 Å². The molecule has 0 bridgehead atoms. The third-order valence-corrected chi connectivity index (χ3v) is 5.93. The van der Waals surface area contributed by atoms with Gasteiger partial charge in [0.1, 0.15) is 24.4 Å². The van der Waals surface area contributed by atoms with Gasteiger partial charge in [-0.1, -0.05) is 48.5 Å². The standard InChI is InChI=1S/C24H24FN5O3/c25-17-9-5-4-8-16(17)10-11-18-20(31)21(32)24(33-18)30-14-29-19-22(27-13-28-23(19)30)26-12-15-6-2-1-3-7-15/h1-9,13-14,18,20-21,24,31-32H,10-12H2,(H,26,27,28)/t18-,20-,21-,24-/m1/s1. The van der Waals surface area contributed by atoms with Gasteiger partial charge in [0.05, 0.1) is 12.4 Å². The van der Waals surface area contributed by atoms with Crippen molar-refractivity contribution < 1.29 is 19.3 Å². The normalized spacial score (nSPS) is 22.6. The fourth-order valence-corrected chi connectivity index (χ4v) is 4.15. The van der Waals surface area contributed by atoms with Crippen molar-refractivity contribution in [3.8, 4) is 0 Å². The number of aliphatic hydroxyl groups excluding tert-OH is 2. The lowest BCUT2D eigenvalue weighted by atomic mass is 10.0. The highest BCUT2D eigenvalue weighted by Crippen LogP contribution is 2.34. The number of hydrogen-bond donors (Lipinski definition) is 3. The Morgan fingerprint density at radius 1 is 0.970 bits per heavy atom. The van der Waals surface area contributed by atoms with Crippen molar-refractivity contribution in [2.45, 2.75) is 43.9 Å². The zero-order valence-corrected chi connectivity index (χ0v) is 17.8. The van der Waals surface area contributed by atoms with E-state index in [4.69, 9.17) is 4.74 Å². The number of aromatic nitrogens is 4. The monoisotopic (exact) mass is 449 g/mol. The van der Waals surface area contributed by atoms with Gasteiger partial charge in [-0.2, -0.15) is 0 Å². The Hall–Kier alpha value is -3.40. The minimum atomic E-state index is -1.18. The van der Waals surface area contributed by atoms with Crippen molar-refractivity contribution in [3.63, 3.8) is 0 Å². The smallest absolute Gasteiger partial charge is 0.167 e. The third-order valence-electron chi connectivity index (χ3n) is 5.93. The first-order chi connectivity index (χ1) is 16.1. The van der Waals surface area contributed by atoms with Crippen molar-refractivity contribution in [1.29, 1.82) is 0 Å². The van der Waals surface area contributed by atoms with Crippen LogP contribution in [0.15, 0.2) is 67.3 Å². The van der Waals surface area contributed by atoms with Crippen molar-refractivity contribution >= 4 is 17.0 Å². The van der Waals surface area contributed by atoms with Gasteiger partial charge in [0.2, 0.25) is 0 Å². The molecule has 5 rings (SSSR count). The molecule has 0 saturated carbocycles. The molecule has 170 valence electrons. The first-order valence-corrected chi connectivity index (χ1v) is 10.8. The van der Waals surface area contributed by atoms with Gasteiger partial charge >= 0.3 is 0 Å². The number of rotatable bonds is 7. The number of nitrogens with zero attached hydrogens (tertiary/aromatic N) is 4. The van der Waals surface area contributed by atoms with Gasteiger partial charge in [-0.05, 0) is 30.0 Å². The fourth-order valence-electron chi connectivity index (χ4n) is 4.15. The maximum Gasteiger partial charge on any atom is 0.167 e. The Kier molecular flexibility index (Phi) is 5.99. The summed E-state index contributed by atoms with van der Waals surface area (Å²) in [6, 6.07) is 16.4. The molecule has 1 aliphatic rings. The summed E-state index contributed by atoms with van der Waals surface area (Å²) in [5, 5.41) is 24.5. The predicted octanol–water partition coefficient (Wildman–Crippen LogP) is 2.83. The number of fused-ring (bicyclic) bond motifs is 1. The Morgan fingerprint density at radius 3 is 2.58 bits per heavy atom. The molecule has 1 aliphatic heterocycles. The number of anilines is 1. The van der Waals surface area contributed by atoms with E-state index in [2.05, 4.69) is 20.3 Å². The lowest BCUT2D eigenvalue weighted by molar-refractivity contribution is -0.0368. The SMILES string of the molecule is O[C@@H]1[C@H](O)[C@@H](CCc2ccccc2F)O[C@H]1n1cnc2c(NCc3ccccc3)ncnc21. The molecular formula is C24H24FN5O3. The summed E-state index contributed by atoms with van der Waals surface area (Å²) >= 11 is 0. The van der Waals surface area contributed by atoms with Crippen LogP contribution in [0, 0.1) is 5.82 Å². The molecular weight excluding hydrogens is 425 g/mol. The topological polar surface area (TPSA) is 105 Å². The third kappa shape index (κ3) is 4.30. The van der Waals surface area contributed by atoms with Crippen molar-refractivity contribution in [2.24, 2.45) is 0 Å². The van der Waals surface area contributed by atoms with Gasteiger partial charge in [-0.15, -0.1) is 0 Å². The Balaban J connectivity index is 1.33. The minimum Gasteiger partial charge on any atom is -0.388 e. The van der Waals surface area contributed by atoms with Crippen LogP contribution in [-0.2, 0) is 17.7 Å². The van der Waals surface area contributed by atoms with Crippen LogP contribution < -0.4 is 5.32 Å².